The minimum atomic E-state index is -1.60. The second-order valence-corrected chi connectivity index (χ2v) is 7.10. The van der Waals surface area contributed by atoms with Gasteiger partial charge >= 0.3 is 5.97 Å². The van der Waals surface area contributed by atoms with Crippen LogP contribution in [0.2, 0.25) is 0 Å². The lowest BCUT2D eigenvalue weighted by atomic mass is 9.85. The molecule has 0 radical (unpaired) electrons. The van der Waals surface area contributed by atoms with Crippen molar-refractivity contribution in [2.75, 3.05) is 0 Å². The average molecular weight is 423 g/mol. The molecule has 0 saturated heterocycles. The van der Waals surface area contributed by atoms with Crippen LogP contribution in [0.1, 0.15) is 39.4 Å². The standard InChI is InChI=1S/C23H12F3NO4/c24-15-7-11(8-16(25)21(15)26)9-18-22(29)13-1-2-17-20(23(13)31-18)14(10-19(28)30-17)12-3-5-27-6-4-12/h1-9,14H,10H2/b18-9-. The Hall–Kier alpha value is -3.94. The molecule has 5 nitrogen and oxygen atoms in total. The fourth-order valence-corrected chi connectivity index (χ4v) is 3.80. The van der Waals surface area contributed by atoms with E-state index in [9.17, 15) is 22.8 Å². The lowest BCUT2D eigenvalue weighted by Crippen LogP contribution is -2.21. The molecule has 0 aliphatic carbocycles. The van der Waals surface area contributed by atoms with Crippen molar-refractivity contribution in [1.29, 1.82) is 0 Å². The van der Waals surface area contributed by atoms with Crippen molar-refractivity contribution in [3.05, 3.63) is 94.3 Å². The molecule has 0 bridgehead atoms. The summed E-state index contributed by atoms with van der Waals surface area (Å²) in [7, 11) is 0. The summed E-state index contributed by atoms with van der Waals surface area (Å²) in [6, 6.07) is 8.02. The summed E-state index contributed by atoms with van der Waals surface area (Å²) in [6.07, 6.45) is 4.36. The van der Waals surface area contributed by atoms with Crippen molar-refractivity contribution >= 4 is 17.8 Å². The van der Waals surface area contributed by atoms with Crippen LogP contribution in [0.15, 0.2) is 54.6 Å². The molecule has 5 rings (SSSR count). The highest BCUT2D eigenvalue weighted by atomic mass is 19.2. The summed E-state index contributed by atoms with van der Waals surface area (Å²) in [5, 5.41) is 0. The van der Waals surface area contributed by atoms with Crippen LogP contribution in [0, 0.1) is 17.5 Å². The van der Waals surface area contributed by atoms with E-state index in [1.807, 2.05) is 0 Å². The Morgan fingerprint density at radius 1 is 0.968 bits per heavy atom. The van der Waals surface area contributed by atoms with Crippen LogP contribution in [-0.4, -0.2) is 16.7 Å². The second-order valence-electron chi connectivity index (χ2n) is 7.10. The third kappa shape index (κ3) is 3.16. The van der Waals surface area contributed by atoms with Gasteiger partial charge in [0, 0.05) is 23.9 Å². The molecule has 3 aromatic rings. The Balaban J connectivity index is 1.61. The van der Waals surface area contributed by atoms with E-state index in [1.165, 1.54) is 12.1 Å². The molecule has 0 N–H and O–H groups in total. The highest BCUT2D eigenvalue weighted by molar-refractivity contribution is 6.15. The predicted octanol–water partition coefficient (Wildman–Crippen LogP) is 4.56. The SMILES string of the molecule is O=C1CC(c2ccncc2)c2c(ccc3c2O/C(=C\c2cc(F)c(F)c(F)c2)C3=O)O1. The zero-order chi connectivity index (χ0) is 21.7. The minimum absolute atomic E-state index is 0.0401. The van der Waals surface area contributed by atoms with Crippen molar-refractivity contribution in [3.63, 3.8) is 0 Å². The molecule has 0 fully saturated rings. The summed E-state index contributed by atoms with van der Waals surface area (Å²) in [4.78, 5) is 29.0. The van der Waals surface area contributed by atoms with E-state index in [2.05, 4.69) is 4.98 Å². The Morgan fingerprint density at radius 2 is 1.68 bits per heavy atom. The number of pyridine rings is 1. The fraction of sp³-hybridized carbons (Fsp3) is 0.0870. The van der Waals surface area contributed by atoms with Crippen molar-refractivity contribution in [1.82, 2.24) is 4.98 Å². The lowest BCUT2D eigenvalue weighted by molar-refractivity contribution is -0.135. The van der Waals surface area contributed by atoms with E-state index in [-0.39, 0.29) is 34.8 Å². The number of allylic oxidation sites excluding steroid dienone is 1. The molecule has 8 heteroatoms. The summed E-state index contributed by atoms with van der Waals surface area (Å²) >= 11 is 0. The van der Waals surface area contributed by atoms with Gasteiger partial charge in [0.1, 0.15) is 11.5 Å². The van der Waals surface area contributed by atoms with Gasteiger partial charge in [-0.1, -0.05) is 0 Å². The maximum absolute atomic E-state index is 13.6. The third-order valence-electron chi connectivity index (χ3n) is 5.19. The number of ether oxygens (including phenoxy) is 2. The van der Waals surface area contributed by atoms with Crippen LogP contribution in [-0.2, 0) is 4.79 Å². The second kappa shape index (κ2) is 7.09. The van der Waals surface area contributed by atoms with Crippen molar-refractivity contribution in [2.24, 2.45) is 0 Å². The number of carbonyl (C=O) groups is 2. The number of ketones is 1. The van der Waals surface area contributed by atoms with Gasteiger partial charge in [0.2, 0.25) is 5.78 Å². The first-order valence-corrected chi connectivity index (χ1v) is 9.28. The van der Waals surface area contributed by atoms with Crippen LogP contribution in [0.5, 0.6) is 11.5 Å². The maximum atomic E-state index is 13.6. The van der Waals surface area contributed by atoms with Crippen LogP contribution in [0.25, 0.3) is 6.08 Å². The molecule has 1 aromatic heterocycles. The number of Topliss-reactive ketones (excluding diaryl/α,β-unsaturated/α-hetero) is 1. The van der Waals surface area contributed by atoms with Crippen LogP contribution in [0.4, 0.5) is 13.2 Å². The first-order valence-electron chi connectivity index (χ1n) is 9.28. The number of aromatic nitrogens is 1. The van der Waals surface area contributed by atoms with Gasteiger partial charge in [0.25, 0.3) is 0 Å². The monoisotopic (exact) mass is 423 g/mol. The van der Waals surface area contributed by atoms with Crippen molar-refractivity contribution < 1.29 is 32.2 Å². The molecule has 2 aromatic carbocycles. The van der Waals surface area contributed by atoms with Crippen molar-refractivity contribution in [3.8, 4) is 11.5 Å². The molecular formula is C23H12F3NO4. The molecular weight excluding hydrogens is 411 g/mol. The van der Waals surface area contributed by atoms with E-state index < -0.39 is 35.1 Å². The number of rotatable bonds is 2. The first kappa shape index (κ1) is 19.0. The zero-order valence-corrected chi connectivity index (χ0v) is 15.7. The van der Waals surface area contributed by atoms with Crippen molar-refractivity contribution in [2.45, 2.75) is 12.3 Å². The van der Waals surface area contributed by atoms with Gasteiger partial charge in [-0.25, -0.2) is 13.2 Å². The highest BCUT2D eigenvalue weighted by Crippen LogP contribution is 2.48. The summed E-state index contributed by atoms with van der Waals surface area (Å²) in [6.45, 7) is 0. The molecule has 0 spiro atoms. The number of esters is 1. The topological polar surface area (TPSA) is 65.5 Å². The smallest absolute Gasteiger partial charge is 0.312 e. The molecule has 0 saturated carbocycles. The quantitative estimate of drug-likeness (QED) is 0.262. The Kier molecular flexibility index (Phi) is 4.35. The van der Waals surface area contributed by atoms with E-state index >= 15 is 0 Å². The molecule has 1 atom stereocenters. The number of carbonyl (C=O) groups excluding carboxylic acids is 2. The summed E-state index contributed by atoms with van der Waals surface area (Å²) in [5.74, 6) is -5.41. The van der Waals surface area contributed by atoms with Crippen LogP contribution < -0.4 is 9.47 Å². The number of benzene rings is 2. The molecule has 3 heterocycles. The number of hydrogen-bond donors (Lipinski definition) is 0. The van der Waals surface area contributed by atoms with E-state index in [0.29, 0.717) is 5.56 Å². The third-order valence-corrected chi connectivity index (χ3v) is 5.19. The van der Waals surface area contributed by atoms with E-state index in [1.54, 1.807) is 24.5 Å². The molecule has 2 aliphatic heterocycles. The average Bonchev–Trinajstić information content (AvgIpc) is 3.07. The molecule has 0 amide bonds. The fourth-order valence-electron chi connectivity index (χ4n) is 3.80. The van der Waals surface area contributed by atoms with Gasteiger partial charge in [-0.05, 0) is 53.6 Å². The van der Waals surface area contributed by atoms with E-state index in [4.69, 9.17) is 9.47 Å². The molecule has 31 heavy (non-hydrogen) atoms. The number of hydrogen-bond acceptors (Lipinski definition) is 5. The molecule has 1 unspecified atom stereocenters. The van der Waals surface area contributed by atoms with E-state index in [0.717, 1.165) is 23.8 Å². The highest BCUT2D eigenvalue weighted by Gasteiger charge is 2.38. The minimum Gasteiger partial charge on any atom is -0.452 e. The largest absolute Gasteiger partial charge is 0.452 e. The number of nitrogens with zero attached hydrogens (tertiary/aromatic N) is 1. The van der Waals surface area contributed by atoms with Crippen LogP contribution >= 0.6 is 0 Å². The molecule has 154 valence electrons. The summed E-state index contributed by atoms with van der Waals surface area (Å²) < 4.78 is 51.4. The van der Waals surface area contributed by atoms with Gasteiger partial charge in [-0.2, -0.15) is 0 Å². The predicted molar refractivity (Wildman–Crippen MR) is 102 cm³/mol. The lowest BCUT2D eigenvalue weighted by Gasteiger charge is -2.26. The molecule has 2 aliphatic rings. The maximum Gasteiger partial charge on any atom is 0.312 e. The first-order chi connectivity index (χ1) is 14.9. The number of fused-ring (bicyclic) bond motifs is 3. The summed E-state index contributed by atoms with van der Waals surface area (Å²) in [5.41, 5.74) is 1.47. The van der Waals surface area contributed by atoms with Crippen LogP contribution in [0.3, 0.4) is 0 Å². The Morgan fingerprint density at radius 3 is 2.39 bits per heavy atom. The normalized spacial score (nSPS) is 18.4. The van der Waals surface area contributed by atoms with Gasteiger partial charge in [-0.3, -0.25) is 14.6 Å². The van der Waals surface area contributed by atoms with Gasteiger partial charge < -0.3 is 9.47 Å². The van der Waals surface area contributed by atoms with Gasteiger partial charge in [-0.15, -0.1) is 0 Å². The van der Waals surface area contributed by atoms with Gasteiger partial charge in [0.15, 0.2) is 23.2 Å². The zero-order valence-electron chi connectivity index (χ0n) is 15.7. The van der Waals surface area contributed by atoms with Gasteiger partial charge in [0.05, 0.1) is 12.0 Å². The number of halogens is 3. The Labute approximate surface area is 173 Å². The Bertz CT molecular complexity index is 1260.